The molecule has 0 fully saturated rings. The summed E-state index contributed by atoms with van der Waals surface area (Å²) in [6, 6.07) is 10.1. The van der Waals surface area contributed by atoms with Gasteiger partial charge in [-0.3, -0.25) is 5.10 Å². The molecule has 0 radical (unpaired) electrons. The summed E-state index contributed by atoms with van der Waals surface area (Å²) < 4.78 is 3.85. The van der Waals surface area contributed by atoms with Gasteiger partial charge in [0, 0.05) is 30.2 Å². The normalized spacial score (nSPS) is 11.4. The Morgan fingerprint density at radius 3 is 2.68 bits per heavy atom. The van der Waals surface area contributed by atoms with Crippen LogP contribution in [0.1, 0.15) is 44.9 Å². The van der Waals surface area contributed by atoms with Crippen molar-refractivity contribution in [3.63, 3.8) is 0 Å². The standard InChI is InChI=1S/C25H25N9/c1-15(2)24-23-22(33-13-21(28-14-33)18-11-29-30-12-18)7-8-27-25(23)34(32-24)19-6-5-17(10-26)20(9-19)31-16(3)4/h5-9,11-16,31H,1-4H3,(H,29,30). The van der Waals surface area contributed by atoms with Crippen molar-refractivity contribution in [3.05, 3.63) is 66.6 Å². The first-order valence-corrected chi connectivity index (χ1v) is 11.2. The number of aromatic amines is 1. The number of nitriles is 1. The third-order valence-corrected chi connectivity index (χ3v) is 5.59. The zero-order valence-electron chi connectivity index (χ0n) is 19.5. The van der Waals surface area contributed by atoms with Crippen molar-refractivity contribution in [1.29, 1.82) is 5.26 Å². The lowest BCUT2D eigenvalue weighted by atomic mass is 10.1. The second kappa shape index (κ2) is 8.48. The van der Waals surface area contributed by atoms with Crippen LogP contribution >= 0.6 is 0 Å². The molecule has 0 saturated heterocycles. The third-order valence-electron chi connectivity index (χ3n) is 5.59. The first-order valence-electron chi connectivity index (χ1n) is 11.2. The smallest absolute Gasteiger partial charge is 0.165 e. The van der Waals surface area contributed by atoms with E-state index in [1.54, 1.807) is 18.7 Å². The monoisotopic (exact) mass is 451 g/mol. The summed E-state index contributed by atoms with van der Waals surface area (Å²) in [5.74, 6) is 0.176. The average molecular weight is 452 g/mol. The van der Waals surface area contributed by atoms with Crippen LogP contribution < -0.4 is 5.32 Å². The summed E-state index contributed by atoms with van der Waals surface area (Å²) in [6.45, 7) is 8.34. The fourth-order valence-corrected chi connectivity index (χ4v) is 4.04. The summed E-state index contributed by atoms with van der Waals surface area (Å²) in [4.78, 5) is 9.26. The van der Waals surface area contributed by atoms with Crippen molar-refractivity contribution < 1.29 is 0 Å². The molecular weight excluding hydrogens is 426 g/mol. The van der Waals surface area contributed by atoms with Crippen LogP contribution in [0.3, 0.4) is 0 Å². The molecule has 0 aliphatic carbocycles. The Hall–Kier alpha value is -4.45. The molecule has 5 aromatic rings. The van der Waals surface area contributed by atoms with E-state index in [0.717, 1.165) is 45.0 Å². The Labute approximate surface area is 197 Å². The Bertz CT molecular complexity index is 1500. The molecule has 1 aromatic carbocycles. The topological polar surface area (TPSA) is 113 Å². The average Bonchev–Trinajstić information content (AvgIpc) is 3.57. The van der Waals surface area contributed by atoms with Crippen molar-refractivity contribution >= 4 is 16.7 Å². The van der Waals surface area contributed by atoms with Gasteiger partial charge in [0.25, 0.3) is 0 Å². The quantitative estimate of drug-likeness (QED) is 0.383. The minimum atomic E-state index is 0.176. The Morgan fingerprint density at radius 1 is 1.12 bits per heavy atom. The minimum Gasteiger partial charge on any atom is -0.382 e. The fourth-order valence-electron chi connectivity index (χ4n) is 4.04. The van der Waals surface area contributed by atoms with Crippen LogP contribution in [-0.4, -0.2) is 40.6 Å². The molecule has 5 rings (SSSR count). The van der Waals surface area contributed by atoms with Gasteiger partial charge in [0.15, 0.2) is 5.65 Å². The molecule has 0 spiro atoms. The predicted molar refractivity (Wildman–Crippen MR) is 131 cm³/mol. The van der Waals surface area contributed by atoms with Crippen LogP contribution in [0.25, 0.3) is 33.7 Å². The molecule has 2 N–H and O–H groups in total. The molecule has 0 saturated carbocycles. The largest absolute Gasteiger partial charge is 0.382 e. The molecule has 170 valence electrons. The lowest BCUT2D eigenvalue weighted by Crippen LogP contribution is -2.11. The first kappa shape index (κ1) is 21.4. The van der Waals surface area contributed by atoms with Gasteiger partial charge in [-0.05, 0) is 44.0 Å². The number of imidazole rings is 1. The number of nitrogens with zero attached hydrogens (tertiary/aromatic N) is 7. The second-order valence-corrected chi connectivity index (χ2v) is 8.77. The maximum Gasteiger partial charge on any atom is 0.165 e. The SMILES string of the molecule is CC(C)Nc1cc(-n2nc(C(C)C)c3c(-n4cnc(-c5cn[nH]c5)c4)ccnc32)ccc1C#N. The van der Waals surface area contributed by atoms with Gasteiger partial charge in [-0.2, -0.15) is 15.5 Å². The Kier molecular flexibility index (Phi) is 5.34. The van der Waals surface area contributed by atoms with Gasteiger partial charge in [0.05, 0.1) is 51.9 Å². The summed E-state index contributed by atoms with van der Waals surface area (Å²) in [5, 5.41) is 25.7. The fraction of sp³-hybridized carbons (Fsp3) is 0.240. The number of rotatable bonds is 6. The molecule has 0 unspecified atom stereocenters. The number of hydrogen-bond donors (Lipinski definition) is 2. The maximum atomic E-state index is 9.54. The van der Waals surface area contributed by atoms with Gasteiger partial charge in [-0.1, -0.05) is 13.8 Å². The van der Waals surface area contributed by atoms with E-state index in [4.69, 9.17) is 10.1 Å². The van der Waals surface area contributed by atoms with Gasteiger partial charge in [0.2, 0.25) is 0 Å². The van der Waals surface area contributed by atoms with Crippen molar-refractivity contribution in [2.75, 3.05) is 5.32 Å². The van der Waals surface area contributed by atoms with Crippen LogP contribution in [0.15, 0.2) is 55.4 Å². The first-order chi connectivity index (χ1) is 16.5. The number of pyridine rings is 1. The summed E-state index contributed by atoms with van der Waals surface area (Å²) in [6.07, 6.45) is 9.13. The summed E-state index contributed by atoms with van der Waals surface area (Å²) >= 11 is 0. The Balaban J connectivity index is 1.69. The van der Waals surface area contributed by atoms with E-state index in [9.17, 15) is 5.26 Å². The van der Waals surface area contributed by atoms with Gasteiger partial charge in [0.1, 0.15) is 6.07 Å². The van der Waals surface area contributed by atoms with Crippen molar-refractivity contribution in [2.45, 2.75) is 39.7 Å². The second-order valence-electron chi connectivity index (χ2n) is 8.77. The molecule has 9 nitrogen and oxygen atoms in total. The van der Waals surface area contributed by atoms with Crippen LogP contribution in [0, 0.1) is 11.3 Å². The number of H-pyrrole nitrogens is 1. The van der Waals surface area contributed by atoms with E-state index in [0.29, 0.717) is 5.56 Å². The lowest BCUT2D eigenvalue weighted by Gasteiger charge is -2.13. The molecule has 9 heteroatoms. The molecule has 0 aliphatic rings. The highest BCUT2D eigenvalue weighted by Gasteiger charge is 2.21. The Morgan fingerprint density at radius 2 is 1.97 bits per heavy atom. The lowest BCUT2D eigenvalue weighted by molar-refractivity contribution is 0.776. The van der Waals surface area contributed by atoms with Gasteiger partial charge >= 0.3 is 0 Å². The van der Waals surface area contributed by atoms with Crippen molar-refractivity contribution in [3.8, 4) is 28.7 Å². The highest BCUT2D eigenvalue weighted by Crippen LogP contribution is 2.32. The van der Waals surface area contributed by atoms with E-state index in [1.165, 1.54) is 0 Å². The van der Waals surface area contributed by atoms with Gasteiger partial charge in [-0.25, -0.2) is 14.6 Å². The van der Waals surface area contributed by atoms with Crippen molar-refractivity contribution in [2.24, 2.45) is 0 Å². The molecule has 0 aliphatic heterocycles. The van der Waals surface area contributed by atoms with E-state index >= 15 is 0 Å². The molecule has 0 amide bonds. The molecule has 34 heavy (non-hydrogen) atoms. The predicted octanol–water partition coefficient (Wildman–Crippen LogP) is 4.81. The molecule has 4 heterocycles. The van der Waals surface area contributed by atoms with Gasteiger partial charge < -0.3 is 9.88 Å². The summed E-state index contributed by atoms with van der Waals surface area (Å²) in [5.41, 5.74) is 6.61. The van der Waals surface area contributed by atoms with E-state index < -0.39 is 0 Å². The summed E-state index contributed by atoms with van der Waals surface area (Å²) in [7, 11) is 0. The minimum absolute atomic E-state index is 0.176. The number of hydrogen-bond acceptors (Lipinski definition) is 6. The number of fused-ring (bicyclic) bond motifs is 1. The van der Waals surface area contributed by atoms with Crippen LogP contribution in [0.5, 0.6) is 0 Å². The van der Waals surface area contributed by atoms with E-state index in [2.05, 4.69) is 40.4 Å². The third kappa shape index (κ3) is 3.69. The highest BCUT2D eigenvalue weighted by molar-refractivity contribution is 5.89. The number of anilines is 1. The molecular formula is C25H25N9. The molecule has 0 bridgehead atoms. The zero-order chi connectivity index (χ0) is 23.8. The van der Waals surface area contributed by atoms with E-state index in [1.807, 2.05) is 59.8 Å². The highest BCUT2D eigenvalue weighted by atomic mass is 15.3. The van der Waals surface area contributed by atoms with Crippen LogP contribution in [0.2, 0.25) is 0 Å². The van der Waals surface area contributed by atoms with Crippen LogP contribution in [0.4, 0.5) is 5.69 Å². The maximum absolute atomic E-state index is 9.54. The van der Waals surface area contributed by atoms with E-state index in [-0.39, 0.29) is 12.0 Å². The van der Waals surface area contributed by atoms with Crippen LogP contribution in [-0.2, 0) is 0 Å². The van der Waals surface area contributed by atoms with Gasteiger partial charge in [-0.15, -0.1) is 0 Å². The zero-order valence-corrected chi connectivity index (χ0v) is 19.5. The number of nitrogens with one attached hydrogen (secondary N) is 2. The van der Waals surface area contributed by atoms with Crippen molar-refractivity contribution in [1.82, 2.24) is 34.5 Å². The molecule has 0 atom stereocenters. The number of benzene rings is 1. The molecule has 4 aromatic heterocycles. The number of aromatic nitrogens is 7.